The molecule has 0 aromatic heterocycles. The molecule has 0 fully saturated rings. The van der Waals surface area contributed by atoms with Gasteiger partial charge >= 0.3 is 0 Å². The Balaban J connectivity index is 3.64. The van der Waals surface area contributed by atoms with Crippen molar-refractivity contribution in [3.63, 3.8) is 0 Å². The van der Waals surface area contributed by atoms with E-state index in [1.165, 1.54) is 0 Å². The summed E-state index contributed by atoms with van der Waals surface area (Å²) in [5.74, 6) is 0.704. The predicted octanol–water partition coefficient (Wildman–Crippen LogP) is 1.76. The monoisotopic (exact) mass is 232 g/mol. The Morgan fingerprint density at radius 1 is 1.40 bits per heavy atom. The van der Waals surface area contributed by atoms with E-state index in [9.17, 15) is 4.79 Å². The molecule has 15 heavy (non-hydrogen) atoms. The fourth-order valence-electron chi connectivity index (χ4n) is 1.30. The average Bonchev–Trinajstić information content (AvgIpc) is 2.23. The summed E-state index contributed by atoms with van der Waals surface area (Å²) in [5.41, 5.74) is 5.45. The second-order valence-corrected chi connectivity index (χ2v) is 5.21. The molecule has 0 rings (SSSR count). The van der Waals surface area contributed by atoms with Crippen LogP contribution in [-0.4, -0.2) is 29.5 Å². The minimum absolute atomic E-state index is 0.151. The molecular weight excluding hydrogens is 208 g/mol. The molecule has 0 bridgehead atoms. The molecule has 4 heteroatoms. The number of hydrogen-bond acceptors (Lipinski definition) is 3. The summed E-state index contributed by atoms with van der Waals surface area (Å²) in [5, 5.41) is 3.50. The maximum atomic E-state index is 11.5. The fourth-order valence-corrected chi connectivity index (χ4v) is 2.12. The summed E-state index contributed by atoms with van der Waals surface area (Å²) < 4.78 is 0. The molecule has 0 aliphatic carbocycles. The van der Waals surface area contributed by atoms with E-state index >= 15 is 0 Å². The van der Waals surface area contributed by atoms with E-state index < -0.39 is 0 Å². The predicted molar refractivity (Wildman–Crippen MR) is 68.1 cm³/mol. The van der Waals surface area contributed by atoms with E-state index in [4.69, 9.17) is 5.73 Å². The second kappa shape index (κ2) is 9.04. The molecule has 1 unspecified atom stereocenters. The third kappa shape index (κ3) is 7.68. The van der Waals surface area contributed by atoms with E-state index in [2.05, 4.69) is 26.1 Å². The fraction of sp³-hybridized carbons (Fsp3) is 0.909. The highest BCUT2D eigenvalue weighted by Gasteiger charge is 2.10. The summed E-state index contributed by atoms with van der Waals surface area (Å²) in [6.07, 6.45) is 2.99. The topological polar surface area (TPSA) is 55.1 Å². The summed E-state index contributed by atoms with van der Waals surface area (Å²) in [6.45, 7) is 7.00. The lowest BCUT2D eigenvalue weighted by molar-refractivity contribution is -0.119. The number of nitrogens with two attached hydrogens (primary N) is 1. The second-order valence-electron chi connectivity index (χ2n) is 3.78. The molecule has 3 N–H and O–H groups in total. The first-order valence-corrected chi connectivity index (χ1v) is 6.79. The Hall–Kier alpha value is -0.220. The molecule has 0 saturated heterocycles. The summed E-state index contributed by atoms with van der Waals surface area (Å²) in [7, 11) is 0. The van der Waals surface area contributed by atoms with Crippen molar-refractivity contribution in [1.82, 2.24) is 5.32 Å². The van der Waals surface area contributed by atoms with Crippen molar-refractivity contribution in [2.75, 3.05) is 12.3 Å². The highest BCUT2D eigenvalue weighted by atomic mass is 32.2. The smallest absolute Gasteiger partial charge is 0.230 e. The first kappa shape index (κ1) is 14.8. The molecule has 0 spiro atoms. The van der Waals surface area contributed by atoms with Crippen LogP contribution in [-0.2, 0) is 4.79 Å². The van der Waals surface area contributed by atoms with E-state index in [0.29, 0.717) is 23.6 Å². The molecule has 0 aliphatic rings. The first-order chi connectivity index (χ1) is 7.13. The Bertz CT molecular complexity index is 172. The Labute approximate surface area is 97.6 Å². The molecule has 0 aromatic carbocycles. The van der Waals surface area contributed by atoms with Crippen LogP contribution in [0.2, 0.25) is 0 Å². The maximum Gasteiger partial charge on any atom is 0.230 e. The van der Waals surface area contributed by atoms with Gasteiger partial charge in [0.2, 0.25) is 5.91 Å². The van der Waals surface area contributed by atoms with Crippen LogP contribution in [0.5, 0.6) is 0 Å². The van der Waals surface area contributed by atoms with Crippen LogP contribution in [0, 0.1) is 0 Å². The van der Waals surface area contributed by atoms with Crippen LogP contribution in [0.15, 0.2) is 0 Å². The molecule has 0 saturated carbocycles. The Kier molecular flexibility index (Phi) is 8.91. The van der Waals surface area contributed by atoms with Gasteiger partial charge in [0.05, 0.1) is 5.75 Å². The average molecular weight is 232 g/mol. The lowest BCUT2D eigenvalue weighted by atomic mass is 10.2. The van der Waals surface area contributed by atoms with Gasteiger partial charge in [-0.3, -0.25) is 4.79 Å². The lowest BCUT2D eigenvalue weighted by Crippen LogP contribution is -2.35. The van der Waals surface area contributed by atoms with Gasteiger partial charge in [0.25, 0.3) is 0 Å². The summed E-state index contributed by atoms with van der Waals surface area (Å²) >= 11 is 1.68. The zero-order valence-corrected chi connectivity index (χ0v) is 10.9. The van der Waals surface area contributed by atoms with E-state index in [1.54, 1.807) is 11.8 Å². The minimum atomic E-state index is 0.151. The number of carbonyl (C=O) groups is 1. The summed E-state index contributed by atoms with van der Waals surface area (Å²) in [6, 6.07) is 0.336. The van der Waals surface area contributed by atoms with Crippen LogP contribution in [0.3, 0.4) is 0 Å². The number of rotatable bonds is 8. The highest BCUT2D eigenvalue weighted by Crippen LogP contribution is 2.12. The van der Waals surface area contributed by atoms with Gasteiger partial charge in [0.1, 0.15) is 0 Å². The number of carbonyl (C=O) groups excluding carboxylic acids is 1. The van der Waals surface area contributed by atoms with Gasteiger partial charge in [0.15, 0.2) is 0 Å². The highest BCUT2D eigenvalue weighted by molar-refractivity contribution is 8.00. The number of amides is 1. The van der Waals surface area contributed by atoms with Crippen molar-refractivity contribution in [2.45, 2.75) is 51.3 Å². The number of hydrogen-bond donors (Lipinski definition) is 2. The largest absolute Gasteiger partial charge is 0.353 e. The van der Waals surface area contributed by atoms with E-state index in [1.807, 2.05) is 0 Å². The molecule has 0 aromatic rings. The van der Waals surface area contributed by atoms with Crippen LogP contribution in [0.25, 0.3) is 0 Å². The first-order valence-electron chi connectivity index (χ1n) is 5.75. The van der Waals surface area contributed by atoms with Crippen LogP contribution in [0.1, 0.15) is 40.0 Å². The maximum absolute atomic E-state index is 11.5. The lowest BCUT2D eigenvalue weighted by Gasteiger charge is -2.15. The third-order valence-corrected chi connectivity index (χ3v) is 3.66. The van der Waals surface area contributed by atoms with Crippen molar-refractivity contribution >= 4 is 17.7 Å². The number of thioether (sulfide) groups is 1. The van der Waals surface area contributed by atoms with Gasteiger partial charge in [-0.25, -0.2) is 0 Å². The minimum Gasteiger partial charge on any atom is -0.353 e. The Morgan fingerprint density at radius 3 is 2.47 bits per heavy atom. The molecule has 90 valence electrons. The van der Waals surface area contributed by atoms with Gasteiger partial charge in [-0.05, 0) is 25.8 Å². The molecule has 0 aliphatic heterocycles. The van der Waals surface area contributed by atoms with Crippen molar-refractivity contribution in [2.24, 2.45) is 5.73 Å². The normalized spacial score (nSPS) is 12.9. The van der Waals surface area contributed by atoms with Crippen molar-refractivity contribution < 1.29 is 4.79 Å². The molecular formula is C11H24N2OS. The Morgan fingerprint density at radius 2 is 2.00 bits per heavy atom. The molecule has 1 amide bonds. The zero-order chi connectivity index (χ0) is 11.7. The van der Waals surface area contributed by atoms with Gasteiger partial charge in [-0.15, -0.1) is 11.8 Å². The molecule has 0 radical (unpaired) electrons. The van der Waals surface area contributed by atoms with Crippen LogP contribution >= 0.6 is 11.8 Å². The number of nitrogens with one attached hydrogen (secondary N) is 1. The van der Waals surface area contributed by atoms with Gasteiger partial charge < -0.3 is 11.1 Å². The van der Waals surface area contributed by atoms with Gasteiger partial charge in [-0.2, -0.15) is 0 Å². The van der Waals surface area contributed by atoms with Crippen molar-refractivity contribution in [1.29, 1.82) is 0 Å². The van der Waals surface area contributed by atoms with Crippen molar-refractivity contribution in [3.8, 4) is 0 Å². The van der Waals surface area contributed by atoms with Crippen molar-refractivity contribution in [3.05, 3.63) is 0 Å². The standard InChI is InChI=1S/C11H24N2OS/c1-4-10(5-2)13-11(14)8-15-9(3)6-7-12/h9-10H,4-8,12H2,1-3H3,(H,13,14). The quantitative estimate of drug-likeness (QED) is 0.670. The molecule has 1 atom stereocenters. The van der Waals surface area contributed by atoms with Gasteiger partial charge in [-0.1, -0.05) is 20.8 Å². The van der Waals surface area contributed by atoms with Gasteiger partial charge in [0, 0.05) is 11.3 Å². The van der Waals surface area contributed by atoms with Crippen LogP contribution < -0.4 is 11.1 Å². The zero-order valence-electron chi connectivity index (χ0n) is 10.1. The molecule has 0 heterocycles. The summed E-state index contributed by atoms with van der Waals surface area (Å²) in [4.78, 5) is 11.5. The van der Waals surface area contributed by atoms with Crippen LogP contribution in [0.4, 0.5) is 0 Å². The molecule has 3 nitrogen and oxygen atoms in total. The van der Waals surface area contributed by atoms with E-state index in [-0.39, 0.29) is 5.91 Å². The third-order valence-electron chi connectivity index (χ3n) is 2.42. The van der Waals surface area contributed by atoms with E-state index in [0.717, 1.165) is 19.3 Å². The SMILES string of the molecule is CCC(CC)NC(=O)CSC(C)CCN.